The third-order valence-corrected chi connectivity index (χ3v) is 5.64. The molecule has 0 aliphatic heterocycles. The van der Waals surface area contributed by atoms with Gasteiger partial charge in [-0.3, -0.25) is 4.68 Å². The summed E-state index contributed by atoms with van der Waals surface area (Å²) in [6.07, 6.45) is 0.129. The van der Waals surface area contributed by atoms with Crippen LogP contribution in [0, 0.1) is 23.5 Å². The Morgan fingerprint density at radius 2 is 1.78 bits per heavy atom. The highest BCUT2D eigenvalue weighted by Gasteiger charge is 2.22. The van der Waals surface area contributed by atoms with Crippen molar-refractivity contribution in [3.8, 4) is 28.7 Å². The molecule has 2 aromatic carbocycles. The number of methoxy groups -OCH3 is 1. The normalized spacial score (nSPS) is 12.3. The molecule has 2 aromatic heterocycles. The minimum Gasteiger partial charge on any atom is -0.496 e. The summed E-state index contributed by atoms with van der Waals surface area (Å²) >= 11 is 0. The van der Waals surface area contributed by atoms with Gasteiger partial charge in [0.05, 0.1) is 29.7 Å². The van der Waals surface area contributed by atoms with Gasteiger partial charge in [-0.1, -0.05) is 5.92 Å². The maximum Gasteiger partial charge on any atom is 0.157 e. The molecule has 1 atom stereocenters. The van der Waals surface area contributed by atoms with E-state index in [0.717, 1.165) is 11.6 Å². The number of pyridine rings is 1. The third-order valence-electron chi connectivity index (χ3n) is 5.64. The van der Waals surface area contributed by atoms with E-state index in [0.29, 0.717) is 45.0 Å². The first kappa shape index (κ1) is 25.1. The highest BCUT2D eigenvalue weighted by Crippen LogP contribution is 2.39. The number of nitrogen functional groups attached to an aromatic ring is 1. The molecular weight excluding hydrogens is 464 g/mol. The first-order valence-electron chi connectivity index (χ1n) is 11.2. The molecule has 0 saturated carbocycles. The van der Waals surface area contributed by atoms with Crippen molar-refractivity contribution >= 4 is 16.7 Å². The Balaban J connectivity index is 1.91. The summed E-state index contributed by atoms with van der Waals surface area (Å²) in [6, 6.07) is 9.77. The molecular formula is C27H27F2N5O2. The van der Waals surface area contributed by atoms with Crippen molar-refractivity contribution in [1.82, 2.24) is 14.8 Å². The largest absolute Gasteiger partial charge is 0.496 e. The lowest BCUT2D eigenvalue weighted by Crippen LogP contribution is -2.17. The summed E-state index contributed by atoms with van der Waals surface area (Å²) < 4.78 is 34.8. The number of anilines is 1. The summed E-state index contributed by atoms with van der Waals surface area (Å²) in [4.78, 5) is 4.69. The zero-order valence-electron chi connectivity index (χ0n) is 20.4. The minimum absolute atomic E-state index is 0.129. The van der Waals surface area contributed by atoms with Crippen molar-refractivity contribution < 1.29 is 18.6 Å². The number of benzene rings is 2. The fourth-order valence-corrected chi connectivity index (χ4v) is 4.16. The number of halogens is 2. The van der Waals surface area contributed by atoms with Gasteiger partial charge in [-0.2, -0.15) is 5.10 Å². The second-order valence-electron chi connectivity index (χ2n) is 9.07. The van der Waals surface area contributed by atoms with E-state index in [1.807, 2.05) is 12.1 Å². The van der Waals surface area contributed by atoms with Gasteiger partial charge in [-0.15, -0.1) is 0 Å². The summed E-state index contributed by atoms with van der Waals surface area (Å²) in [6.45, 7) is 3.14. The van der Waals surface area contributed by atoms with Gasteiger partial charge >= 0.3 is 0 Å². The number of fused-ring (bicyclic) bond motifs is 1. The first-order valence-corrected chi connectivity index (χ1v) is 11.2. The molecule has 0 aliphatic rings. The molecule has 4 aromatic rings. The molecule has 0 aliphatic carbocycles. The van der Waals surface area contributed by atoms with Crippen LogP contribution < -0.4 is 16.2 Å². The summed E-state index contributed by atoms with van der Waals surface area (Å²) in [5, 5.41) is 15.0. The molecule has 0 fully saturated rings. The van der Waals surface area contributed by atoms with Crippen LogP contribution in [-0.4, -0.2) is 32.6 Å². The molecule has 9 heteroatoms. The molecule has 0 spiro atoms. The van der Waals surface area contributed by atoms with Crippen molar-refractivity contribution in [2.24, 2.45) is 12.8 Å². The molecule has 186 valence electrons. The SMILES string of the molecule is COc1ccc(-c2ccc(C#CC(C)(C)O)nc2[C@@H](N)Cc2cc(F)cc(F)c2)c2c1c(N)nn2C. The van der Waals surface area contributed by atoms with Crippen LogP contribution in [0.2, 0.25) is 0 Å². The van der Waals surface area contributed by atoms with E-state index in [2.05, 4.69) is 21.9 Å². The zero-order chi connectivity index (χ0) is 26.2. The molecule has 0 amide bonds. The monoisotopic (exact) mass is 491 g/mol. The summed E-state index contributed by atoms with van der Waals surface area (Å²) in [7, 11) is 3.32. The Kier molecular flexibility index (Phi) is 6.67. The van der Waals surface area contributed by atoms with Crippen molar-refractivity contribution in [1.29, 1.82) is 0 Å². The van der Waals surface area contributed by atoms with Crippen LogP contribution in [-0.2, 0) is 13.5 Å². The average Bonchev–Trinajstić information content (AvgIpc) is 3.10. The standard InChI is InChI=1S/C27H27F2N5O2/c1-27(2,35)10-9-18-5-6-19(20-7-8-22(36-4)23-25(20)34(3)33-26(23)31)24(32-18)21(30)13-15-11-16(28)14-17(29)12-15/h5-8,11-12,14,21,35H,13,30H2,1-4H3,(H2,31,33)/t21-/m0/s1. The molecule has 0 unspecified atom stereocenters. The lowest BCUT2D eigenvalue weighted by molar-refractivity contribution is 0.143. The van der Waals surface area contributed by atoms with E-state index in [1.165, 1.54) is 12.1 Å². The maximum absolute atomic E-state index is 13.8. The van der Waals surface area contributed by atoms with Crippen LogP contribution in [0.5, 0.6) is 5.75 Å². The number of nitrogens with two attached hydrogens (primary N) is 2. The quantitative estimate of drug-likeness (QED) is 0.366. The summed E-state index contributed by atoms with van der Waals surface area (Å²) in [5.41, 5.74) is 14.9. The van der Waals surface area contributed by atoms with E-state index in [1.54, 1.807) is 44.8 Å². The lowest BCUT2D eigenvalue weighted by Gasteiger charge is -2.18. The molecule has 4 rings (SSSR count). The van der Waals surface area contributed by atoms with E-state index in [-0.39, 0.29) is 6.42 Å². The molecule has 2 heterocycles. The second-order valence-corrected chi connectivity index (χ2v) is 9.07. The Bertz CT molecular complexity index is 1490. The Labute approximate surface area is 207 Å². The van der Waals surface area contributed by atoms with Crippen LogP contribution in [0.3, 0.4) is 0 Å². The Hall–Kier alpha value is -4.00. The van der Waals surface area contributed by atoms with E-state index >= 15 is 0 Å². The Morgan fingerprint density at radius 3 is 2.42 bits per heavy atom. The number of aromatic nitrogens is 3. The van der Waals surface area contributed by atoms with Crippen molar-refractivity contribution in [3.63, 3.8) is 0 Å². The fourth-order valence-electron chi connectivity index (χ4n) is 4.16. The number of hydrogen-bond donors (Lipinski definition) is 3. The van der Waals surface area contributed by atoms with Crippen LogP contribution in [0.4, 0.5) is 14.6 Å². The van der Waals surface area contributed by atoms with Gasteiger partial charge in [-0.05, 0) is 68.2 Å². The van der Waals surface area contributed by atoms with Gasteiger partial charge in [0.1, 0.15) is 28.7 Å². The highest BCUT2D eigenvalue weighted by molar-refractivity contribution is 6.03. The lowest BCUT2D eigenvalue weighted by atomic mass is 9.94. The molecule has 5 N–H and O–H groups in total. The average molecular weight is 492 g/mol. The Morgan fingerprint density at radius 1 is 1.11 bits per heavy atom. The van der Waals surface area contributed by atoms with Gasteiger partial charge in [0.25, 0.3) is 0 Å². The predicted molar refractivity (Wildman–Crippen MR) is 135 cm³/mol. The number of aryl methyl sites for hydroxylation is 1. The number of aliphatic hydroxyl groups is 1. The first-order chi connectivity index (χ1) is 17.0. The predicted octanol–water partition coefficient (Wildman–Crippen LogP) is 3.87. The molecule has 7 nitrogen and oxygen atoms in total. The molecule has 0 bridgehead atoms. The number of hydrogen-bond acceptors (Lipinski definition) is 6. The third kappa shape index (κ3) is 5.15. The van der Waals surface area contributed by atoms with Crippen LogP contribution in [0.25, 0.3) is 22.0 Å². The van der Waals surface area contributed by atoms with Crippen LogP contribution in [0.15, 0.2) is 42.5 Å². The van der Waals surface area contributed by atoms with Crippen molar-refractivity contribution in [3.05, 3.63) is 71.1 Å². The van der Waals surface area contributed by atoms with Gasteiger partial charge < -0.3 is 21.3 Å². The maximum atomic E-state index is 13.8. The highest BCUT2D eigenvalue weighted by atomic mass is 19.1. The molecule has 0 radical (unpaired) electrons. The summed E-state index contributed by atoms with van der Waals surface area (Å²) in [5.74, 6) is 5.13. The van der Waals surface area contributed by atoms with E-state index in [9.17, 15) is 13.9 Å². The zero-order valence-corrected chi connectivity index (χ0v) is 20.4. The molecule has 0 saturated heterocycles. The van der Waals surface area contributed by atoms with Crippen LogP contribution in [0.1, 0.15) is 36.8 Å². The van der Waals surface area contributed by atoms with E-state index in [4.69, 9.17) is 16.2 Å². The van der Waals surface area contributed by atoms with Gasteiger partial charge in [0, 0.05) is 24.2 Å². The van der Waals surface area contributed by atoms with Crippen molar-refractivity contribution in [2.45, 2.75) is 31.9 Å². The number of ether oxygens (including phenoxy) is 1. The second kappa shape index (κ2) is 9.57. The van der Waals surface area contributed by atoms with Gasteiger partial charge in [-0.25, -0.2) is 13.8 Å². The fraction of sp³-hybridized carbons (Fsp3) is 0.259. The number of rotatable bonds is 5. The van der Waals surface area contributed by atoms with Crippen molar-refractivity contribution in [2.75, 3.05) is 12.8 Å². The molecule has 36 heavy (non-hydrogen) atoms. The minimum atomic E-state index is -1.21. The van der Waals surface area contributed by atoms with Gasteiger partial charge in [0.15, 0.2) is 5.82 Å². The van der Waals surface area contributed by atoms with Gasteiger partial charge in [0.2, 0.25) is 0 Å². The van der Waals surface area contributed by atoms with E-state index < -0.39 is 23.3 Å². The topological polar surface area (TPSA) is 112 Å². The smallest absolute Gasteiger partial charge is 0.157 e. The van der Waals surface area contributed by atoms with Crippen LogP contribution >= 0.6 is 0 Å². The number of nitrogens with zero attached hydrogens (tertiary/aromatic N) is 3.